The van der Waals surface area contributed by atoms with E-state index in [2.05, 4.69) is 20.7 Å². The van der Waals surface area contributed by atoms with Gasteiger partial charge in [0, 0.05) is 41.2 Å². The molecule has 188 valence electrons. The summed E-state index contributed by atoms with van der Waals surface area (Å²) in [6, 6.07) is 22.5. The van der Waals surface area contributed by atoms with Gasteiger partial charge in [-0.25, -0.2) is 14.1 Å². The van der Waals surface area contributed by atoms with Crippen molar-refractivity contribution in [2.24, 2.45) is 5.14 Å². The zero-order valence-corrected chi connectivity index (χ0v) is 20.5. The molecule has 3 aromatic carbocycles. The normalized spacial score (nSPS) is 11.4. The monoisotopic (exact) mass is 507 g/mol. The summed E-state index contributed by atoms with van der Waals surface area (Å²) in [5.74, 6) is -1.05. The number of unbranched alkanes of at least 4 members (excludes halogenated alkanes) is 2. The molecule has 9 nitrogen and oxygen atoms in total. The van der Waals surface area contributed by atoms with Crippen LogP contribution in [0.4, 0.5) is 17.1 Å². The summed E-state index contributed by atoms with van der Waals surface area (Å²) in [4.78, 5) is 38.3. The van der Waals surface area contributed by atoms with E-state index in [1.807, 2.05) is 12.1 Å². The highest BCUT2D eigenvalue weighted by atomic mass is 32.2. The number of para-hydroxylation sites is 2. The van der Waals surface area contributed by atoms with E-state index in [4.69, 9.17) is 5.14 Å². The number of anilines is 3. The van der Waals surface area contributed by atoms with Gasteiger partial charge in [-0.15, -0.1) is 0 Å². The van der Waals surface area contributed by atoms with E-state index in [1.165, 1.54) is 18.2 Å². The second-order valence-corrected chi connectivity index (χ2v) is 8.87. The number of nitrogens with one attached hydrogen (secondary N) is 4. The Morgan fingerprint density at radius 3 is 1.69 bits per heavy atom. The van der Waals surface area contributed by atoms with Gasteiger partial charge in [0.05, 0.1) is 0 Å². The summed E-state index contributed by atoms with van der Waals surface area (Å²) in [6.45, 7) is 0.503. The third-order valence-electron chi connectivity index (χ3n) is 5.13. The van der Waals surface area contributed by atoms with Gasteiger partial charge in [0.2, 0.25) is 5.91 Å². The number of rotatable bonds is 12. The van der Waals surface area contributed by atoms with Crippen LogP contribution in [-0.4, -0.2) is 28.5 Å². The highest BCUT2D eigenvalue weighted by Crippen LogP contribution is 2.19. The van der Waals surface area contributed by atoms with Crippen molar-refractivity contribution < 1.29 is 18.6 Å². The fraction of sp³-hybridized carbons (Fsp3) is 0.192. The Balaban J connectivity index is 1.71. The molecule has 10 heteroatoms. The Morgan fingerprint density at radius 1 is 0.667 bits per heavy atom. The molecule has 0 radical (unpaired) electrons. The molecule has 0 aliphatic heterocycles. The summed E-state index contributed by atoms with van der Waals surface area (Å²) in [5, 5.41) is 13.5. The molecule has 0 aliphatic carbocycles. The predicted molar refractivity (Wildman–Crippen MR) is 143 cm³/mol. The number of benzene rings is 3. The first-order chi connectivity index (χ1) is 17.4. The molecule has 1 atom stereocenters. The average Bonchev–Trinajstić information content (AvgIpc) is 2.87. The van der Waals surface area contributed by atoms with Crippen LogP contribution in [0.5, 0.6) is 0 Å². The minimum atomic E-state index is -1.54. The molecule has 3 aromatic rings. The quantitative estimate of drug-likeness (QED) is 0.238. The van der Waals surface area contributed by atoms with Crippen LogP contribution in [0.3, 0.4) is 0 Å². The molecule has 0 saturated carbocycles. The van der Waals surface area contributed by atoms with Crippen molar-refractivity contribution >= 4 is 46.0 Å². The first-order valence-electron chi connectivity index (χ1n) is 11.5. The van der Waals surface area contributed by atoms with Gasteiger partial charge >= 0.3 is 0 Å². The highest BCUT2D eigenvalue weighted by molar-refractivity contribution is 7.80. The maximum Gasteiger partial charge on any atom is 0.255 e. The summed E-state index contributed by atoms with van der Waals surface area (Å²) >= 11 is -1.54. The standard InChI is InChI=1S/C26H29N5O4S/c27-36(35)28-15-9-3-8-14-24(32)29-23-17-19(25(33)30-21-10-4-1-5-11-21)16-20(18-23)26(34)31-22-12-6-2-7-13-22/h1-2,4-7,10-13,16-18,28H,3,8-9,14-15,27H2,(H,29,32)(H,30,33)(H,31,34). The number of carbonyl (C=O) groups is 3. The van der Waals surface area contributed by atoms with Crippen LogP contribution in [0.15, 0.2) is 78.9 Å². The molecule has 36 heavy (non-hydrogen) atoms. The molecule has 0 spiro atoms. The van der Waals surface area contributed by atoms with E-state index in [0.29, 0.717) is 30.0 Å². The Labute approximate surface area is 212 Å². The zero-order chi connectivity index (χ0) is 25.8. The Bertz CT molecular complexity index is 1130. The molecular weight excluding hydrogens is 478 g/mol. The van der Waals surface area contributed by atoms with Gasteiger partial charge < -0.3 is 16.0 Å². The van der Waals surface area contributed by atoms with Crippen molar-refractivity contribution in [2.75, 3.05) is 22.5 Å². The molecule has 0 bridgehead atoms. The zero-order valence-electron chi connectivity index (χ0n) is 19.7. The highest BCUT2D eigenvalue weighted by Gasteiger charge is 2.15. The largest absolute Gasteiger partial charge is 0.326 e. The van der Waals surface area contributed by atoms with E-state index in [-0.39, 0.29) is 23.5 Å². The second kappa shape index (κ2) is 13.9. The lowest BCUT2D eigenvalue weighted by Crippen LogP contribution is -2.24. The molecular formula is C26H29N5O4S. The smallest absolute Gasteiger partial charge is 0.255 e. The lowest BCUT2D eigenvalue weighted by Gasteiger charge is -2.12. The first-order valence-corrected chi connectivity index (χ1v) is 12.7. The predicted octanol–water partition coefficient (Wildman–Crippen LogP) is 3.82. The molecule has 3 amide bonds. The molecule has 0 fully saturated rings. The molecule has 6 N–H and O–H groups in total. The fourth-order valence-electron chi connectivity index (χ4n) is 3.40. The minimum absolute atomic E-state index is 0.232. The Morgan fingerprint density at radius 2 is 1.19 bits per heavy atom. The minimum Gasteiger partial charge on any atom is -0.326 e. The van der Waals surface area contributed by atoms with E-state index in [0.717, 1.165) is 12.8 Å². The van der Waals surface area contributed by atoms with Crippen LogP contribution in [-0.2, 0) is 16.0 Å². The topological polar surface area (TPSA) is 142 Å². The van der Waals surface area contributed by atoms with Crippen LogP contribution < -0.4 is 25.8 Å². The number of hydrogen-bond acceptors (Lipinski definition) is 4. The number of carbonyl (C=O) groups excluding carboxylic acids is 3. The third-order valence-corrected chi connectivity index (χ3v) is 5.62. The lowest BCUT2D eigenvalue weighted by atomic mass is 10.1. The van der Waals surface area contributed by atoms with Crippen molar-refractivity contribution in [1.29, 1.82) is 0 Å². The Hall–Kier alpha value is -3.86. The first kappa shape index (κ1) is 26.7. The third kappa shape index (κ3) is 9.06. The Kier molecular flexibility index (Phi) is 10.3. The van der Waals surface area contributed by atoms with Crippen molar-refractivity contribution in [3.63, 3.8) is 0 Å². The van der Waals surface area contributed by atoms with Crippen molar-refractivity contribution in [2.45, 2.75) is 25.7 Å². The van der Waals surface area contributed by atoms with Crippen molar-refractivity contribution in [3.05, 3.63) is 90.0 Å². The molecule has 3 rings (SSSR count). The lowest BCUT2D eigenvalue weighted by molar-refractivity contribution is -0.116. The van der Waals surface area contributed by atoms with Crippen LogP contribution in [0.1, 0.15) is 46.4 Å². The van der Waals surface area contributed by atoms with Crippen LogP contribution in [0.2, 0.25) is 0 Å². The maximum absolute atomic E-state index is 12.9. The number of nitrogens with two attached hydrogens (primary N) is 1. The molecule has 0 heterocycles. The van der Waals surface area contributed by atoms with E-state index in [9.17, 15) is 18.6 Å². The molecule has 0 saturated heterocycles. The van der Waals surface area contributed by atoms with Crippen LogP contribution in [0.25, 0.3) is 0 Å². The number of amides is 3. The van der Waals surface area contributed by atoms with Crippen molar-refractivity contribution in [1.82, 2.24) is 4.72 Å². The maximum atomic E-state index is 12.9. The van der Waals surface area contributed by atoms with Gasteiger partial charge in [0.15, 0.2) is 11.2 Å². The SMILES string of the molecule is NS(=O)NCCCCCC(=O)Nc1cc(C(=O)Nc2ccccc2)cc(C(=O)Nc2ccccc2)c1. The van der Waals surface area contributed by atoms with Gasteiger partial charge in [-0.2, -0.15) is 0 Å². The second-order valence-electron chi connectivity index (χ2n) is 7.99. The van der Waals surface area contributed by atoms with Gasteiger partial charge in [-0.1, -0.05) is 42.8 Å². The average molecular weight is 508 g/mol. The van der Waals surface area contributed by atoms with Gasteiger partial charge in [0.1, 0.15) is 0 Å². The van der Waals surface area contributed by atoms with E-state index < -0.39 is 23.0 Å². The summed E-state index contributed by atoms with van der Waals surface area (Å²) in [5.41, 5.74) is 2.03. The molecule has 0 aromatic heterocycles. The summed E-state index contributed by atoms with van der Waals surface area (Å²) in [6.07, 6.45) is 2.37. The van der Waals surface area contributed by atoms with E-state index >= 15 is 0 Å². The fourth-order valence-corrected chi connectivity index (χ4v) is 3.74. The van der Waals surface area contributed by atoms with Gasteiger partial charge in [-0.05, 0) is 55.3 Å². The van der Waals surface area contributed by atoms with Gasteiger partial charge in [0.25, 0.3) is 11.8 Å². The summed E-state index contributed by atoms with van der Waals surface area (Å²) in [7, 11) is 0. The van der Waals surface area contributed by atoms with Crippen LogP contribution in [0, 0.1) is 0 Å². The molecule has 0 aliphatic rings. The number of hydrogen-bond donors (Lipinski definition) is 5. The van der Waals surface area contributed by atoms with Crippen LogP contribution >= 0.6 is 0 Å². The van der Waals surface area contributed by atoms with Crippen molar-refractivity contribution in [3.8, 4) is 0 Å². The van der Waals surface area contributed by atoms with E-state index in [1.54, 1.807) is 48.5 Å². The molecule has 1 unspecified atom stereocenters. The van der Waals surface area contributed by atoms with Gasteiger partial charge in [-0.3, -0.25) is 14.4 Å². The summed E-state index contributed by atoms with van der Waals surface area (Å²) < 4.78 is 13.4.